The fourth-order valence-electron chi connectivity index (χ4n) is 2.15. The van der Waals surface area contributed by atoms with E-state index >= 15 is 0 Å². The van der Waals surface area contributed by atoms with Crippen LogP contribution < -0.4 is 5.73 Å². The molecule has 2 atom stereocenters. The van der Waals surface area contributed by atoms with Gasteiger partial charge in [0.25, 0.3) is 0 Å². The summed E-state index contributed by atoms with van der Waals surface area (Å²) >= 11 is 0. The van der Waals surface area contributed by atoms with Crippen LogP contribution in [0.4, 0.5) is 0 Å². The predicted molar refractivity (Wildman–Crippen MR) is 55.9 cm³/mol. The van der Waals surface area contributed by atoms with Crippen molar-refractivity contribution in [3.63, 3.8) is 0 Å². The normalized spacial score (nSPS) is 26.3. The van der Waals surface area contributed by atoms with Gasteiger partial charge in [-0.2, -0.15) is 0 Å². The van der Waals surface area contributed by atoms with Gasteiger partial charge < -0.3 is 15.2 Å². The molecule has 0 radical (unpaired) electrons. The number of hydrogen-bond acceptors (Lipinski definition) is 3. The lowest BCUT2D eigenvalue weighted by atomic mass is 10.1. The van der Waals surface area contributed by atoms with E-state index in [-0.39, 0.29) is 18.0 Å². The number of amides is 1. The van der Waals surface area contributed by atoms with E-state index in [4.69, 9.17) is 5.73 Å². The number of nitrogens with two attached hydrogens (primary N) is 1. The molecular weight excluding hydrogens is 192 g/mol. The van der Waals surface area contributed by atoms with Gasteiger partial charge in [-0.15, -0.1) is 0 Å². The molecule has 2 rings (SSSR count). The topological polar surface area (TPSA) is 64.2 Å². The highest BCUT2D eigenvalue weighted by molar-refractivity contribution is 5.80. The number of carbonyl (C=O) groups is 1. The Bertz CT molecular complexity index is 373. The number of likely N-dealkylation sites (N-methyl/N-ethyl adjacent to an activating group) is 1. The molecule has 5 heteroatoms. The number of nitrogens with zero attached hydrogens (tertiary/aromatic N) is 3. The third kappa shape index (κ3) is 1.63. The van der Waals surface area contributed by atoms with E-state index in [1.165, 1.54) is 0 Å². The molecule has 0 aromatic carbocycles. The lowest BCUT2D eigenvalue weighted by Gasteiger charge is -2.23. The molecule has 0 bridgehead atoms. The van der Waals surface area contributed by atoms with Gasteiger partial charge >= 0.3 is 0 Å². The van der Waals surface area contributed by atoms with Gasteiger partial charge in [-0.25, -0.2) is 4.98 Å². The largest absolute Gasteiger partial charge is 0.340 e. The van der Waals surface area contributed by atoms with Gasteiger partial charge in [0.1, 0.15) is 0 Å². The van der Waals surface area contributed by atoms with Crippen LogP contribution in [0.3, 0.4) is 0 Å². The van der Waals surface area contributed by atoms with E-state index in [0.29, 0.717) is 13.0 Å². The van der Waals surface area contributed by atoms with Crippen molar-refractivity contribution in [2.75, 3.05) is 6.54 Å². The smallest absolute Gasteiger partial charge is 0.224 e. The molecule has 2 heterocycles. The minimum absolute atomic E-state index is 0.0521. The highest BCUT2D eigenvalue weighted by atomic mass is 16.2. The summed E-state index contributed by atoms with van der Waals surface area (Å²) in [5.74, 6) is 0.126. The van der Waals surface area contributed by atoms with Crippen LogP contribution in [0.25, 0.3) is 0 Å². The average molecular weight is 208 g/mol. The van der Waals surface area contributed by atoms with Crippen LogP contribution in [-0.2, 0) is 11.8 Å². The second kappa shape index (κ2) is 3.66. The summed E-state index contributed by atoms with van der Waals surface area (Å²) in [4.78, 5) is 17.7. The van der Waals surface area contributed by atoms with Crippen molar-refractivity contribution in [3.8, 4) is 0 Å². The van der Waals surface area contributed by atoms with Crippen LogP contribution in [-0.4, -0.2) is 32.9 Å². The number of aryl methyl sites for hydroxylation is 1. The zero-order chi connectivity index (χ0) is 11.0. The van der Waals surface area contributed by atoms with Crippen molar-refractivity contribution >= 4 is 5.91 Å². The molecule has 0 aliphatic carbocycles. The van der Waals surface area contributed by atoms with Crippen LogP contribution in [0.15, 0.2) is 12.5 Å². The molecule has 1 fully saturated rings. The minimum atomic E-state index is -0.132. The molecule has 0 unspecified atom stereocenters. The van der Waals surface area contributed by atoms with Gasteiger partial charge in [-0.1, -0.05) is 0 Å². The second-order valence-corrected chi connectivity index (χ2v) is 3.96. The van der Waals surface area contributed by atoms with E-state index < -0.39 is 0 Å². The van der Waals surface area contributed by atoms with Crippen LogP contribution in [0, 0.1) is 0 Å². The Kier molecular flexibility index (Phi) is 2.48. The summed E-state index contributed by atoms with van der Waals surface area (Å²) in [7, 11) is 1.91. The standard InChI is InChI=1S/C10H16N4O/c1-3-14-9(15)4-7(11)10(14)8-5-13(2)6-12-8/h5-7,10H,3-4,11H2,1-2H3/t7-,10-/m0/s1. The van der Waals surface area contributed by atoms with E-state index in [2.05, 4.69) is 4.98 Å². The summed E-state index contributed by atoms with van der Waals surface area (Å²) in [5.41, 5.74) is 6.85. The molecule has 1 amide bonds. The maximum absolute atomic E-state index is 11.6. The van der Waals surface area contributed by atoms with Crippen molar-refractivity contribution in [3.05, 3.63) is 18.2 Å². The highest BCUT2D eigenvalue weighted by Crippen LogP contribution is 2.30. The lowest BCUT2D eigenvalue weighted by Crippen LogP contribution is -2.33. The van der Waals surface area contributed by atoms with Crippen LogP contribution in [0.2, 0.25) is 0 Å². The van der Waals surface area contributed by atoms with Crippen molar-refractivity contribution in [1.82, 2.24) is 14.5 Å². The fourth-order valence-corrected chi connectivity index (χ4v) is 2.15. The van der Waals surface area contributed by atoms with E-state index in [9.17, 15) is 4.79 Å². The fraction of sp³-hybridized carbons (Fsp3) is 0.600. The molecule has 15 heavy (non-hydrogen) atoms. The maximum atomic E-state index is 11.6. The first kappa shape index (κ1) is 10.2. The zero-order valence-electron chi connectivity index (χ0n) is 9.05. The first-order valence-electron chi connectivity index (χ1n) is 5.16. The van der Waals surface area contributed by atoms with Gasteiger partial charge in [0.15, 0.2) is 0 Å². The summed E-state index contributed by atoms with van der Waals surface area (Å²) in [6, 6.07) is -0.184. The van der Waals surface area contributed by atoms with Crippen LogP contribution >= 0.6 is 0 Å². The molecular formula is C10H16N4O. The Morgan fingerprint density at radius 2 is 2.40 bits per heavy atom. The quantitative estimate of drug-likeness (QED) is 0.746. The second-order valence-electron chi connectivity index (χ2n) is 3.96. The van der Waals surface area contributed by atoms with Gasteiger partial charge in [0.05, 0.1) is 18.1 Å². The maximum Gasteiger partial charge on any atom is 0.224 e. The number of aromatic nitrogens is 2. The van der Waals surface area contributed by atoms with E-state index in [1.54, 1.807) is 11.2 Å². The minimum Gasteiger partial charge on any atom is -0.340 e. The Hall–Kier alpha value is -1.36. The number of carbonyl (C=O) groups excluding carboxylic acids is 1. The summed E-state index contributed by atoms with van der Waals surface area (Å²) in [6.07, 6.45) is 4.08. The first-order valence-corrected chi connectivity index (χ1v) is 5.16. The average Bonchev–Trinajstić information content (AvgIpc) is 2.70. The molecule has 1 aliphatic heterocycles. The molecule has 1 saturated heterocycles. The third-order valence-electron chi connectivity index (χ3n) is 2.84. The van der Waals surface area contributed by atoms with Crippen molar-refractivity contribution < 1.29 is 4.79 Å². The molecule has 82 valence electrons. The molecule has 1 aromatic heterocycles. The first-order chi connectivity index (χ1) is 7.13. The summed E-state index contributed by atoms with van der Waals surface area (Å²) < 4.78 is 1.87. The highest BCUT2D eigenvalue weighted by Gasteiger charge is 2.38. The predicted octanol–water partition coefficient (Wildman–Crippen LogP) is 0.0407. The van der Waals surface area contributed by atoms with Crippen LogP contribution in [0.1, 0.15) is 25.1 Å². The molecule has 2 N–H and O–H groups in total. The van der Waals surface area contributed by atoms with Gasteiger partial charge in [-0.05, 0) is 6.92 Å². The summed E-state index contributed by atoms with van der Waals surface area (Å²) in [6.45, 7) is 2.65. The van der Waals surface area contributed by atoms with E-state index in [0.717, 1.165) is 5.69 Å². The van der Waals surface area contributed by atoms with Crippen molar-refractivity contribution in [1.29, 1.82) is 0 Å². The summed E-state index contributed by atoms with van der Waals surface area (Å²) in [5, 5.41) is 0. The number of imidazole rings is 1. The van der Waals surface area contributed by atoms with Crippen molar-refractivity contribution in [2.45, 2.75) is 25.4 Å². The Morgan fingerprint density at radius 3 is 2.93 bits per heavy atom. The molecule has 5 nitrogen and oxygen atoms in total. The SMILES string of the molecule is CCN1C(=O)C[C@H](N)[C@H]1c1cn(C)cn1. The Labute approximate surface area is 88.9 Å². The van der Waals surface area contributed by atoms with Gasteiger partial charge in [0.2, 0.25) is 5.91 Å². The van der Waals surface area contributed by atoms with Gasteiger partial charge in [0, 0.05) is 32.3 Å². The number of rotatable bonds is 2. The monoisotopic (exact) mass is 208 g/mol. The Morgan fingerprint density at radius 1 is 1.67 bits per heavy atom. The number of likely N-dealkylation sites (tertiary alicyclic amines) is 1. The van der Waals surface area contributed by atoms with E-state index in [1.807, 2.05) is 24.7 Å². The third-order valence-corrected chi connectivity index (χ3v) is 2.84. The van der Waals surface area contributed by atoms with Gasteiger partial charge in [-0.3, -0.25) is 4.79 Å². The molecule has 0 saturated carbocycles. The Balaban J connectivity index is 2.30. The lowest BCUT2D eigenvalue weighted by molar-refractivity contribution is -0.128. The number of hydrogen-bond donors (Lipinski definition) is 1. The van der Waals surface area contributed by atoms with Crippen molar-refractivity contribution in [2.24, 2.45) is 12.8 Å². The zero-order valence-corrected chi connectivity index (χ0v) is 9.05. The molecule has 1 aliphatic rings. The molecule has 0 spiro atoms. The molecule has 1 aromatic rings. The van der Waals surface area contributed by atoms with Crippen LogP contribution in [0.5, 0.6) is 0 Å².